The van der Waals surface area contributed by atoms with Crippen molar-refractivity contribution < 1.29 is 14.6 Å². The van der Waals surface area contributed by atoms with Crippen molar-refractivity contribution in [1.29, 1.82) is 0 Å². The van der Waals surface area contributed by atoms with Gasteiger partial charge < -0.3 is 15.2 Å². The van der Waals surface area contributed by atoms with Gasteiger partial charge in [-0.1, -0.05) is 36.4 Å². The minimum Gasteiger partial charge on any atom is -0.495 e. The maximum atomic E-state index is 11.9. The van der Waals surface area contributed by atoms with Crippen molar-refractivity contribution in [2.45, 2.75) is 18.4 Å². The summed E-state index contributed by atoms with van der Waals surface area (Å²) in [4.78, 5) is 11.9. The van der Waals surface area contributed by atoms with Gasteiger partial charge in [-0.25, -0.2) is 4.79 Å². The third-order valence-electron chi connectivity index (χ3n) is 3.99. The van der Waals surface area contributed by atoms with Crippen molar-refractivity contribution in [3.8, 4) is 5.75 Å². The number of anilines is 1. The second kappa shape index (κ2) is 5.13. The number of hydrogen-bond acceptors (Lipinski definition) is 3. The summed E-state index contributed by atoms with van der Waals surface area (Å²) in [6.07, 6.45) is 0.938. The number of fused-ring (bicyclic) bond motifs is 1. The standard InChI is InChI=1S/C17H17NO3/c1-21-15-9-5-4-8-14(15)18-17(16(19)20)10-12-6-2-3-7-13(12)11-17/h2-9,18H,10-11H2,1H3,(H,19,20). The third kappa shape index (κ3) is 2.33. The Morgan fingerprint density at radius 3 is 2.24 bits per heavy atom. The first-order valence-electron chi connectivity index (χ1n) is 6.86. The lowest BCUT2D eigenvalue weighted by Gasteiger charge is -2.27. The van der Waals surface area contributed by atoms with E-state index in [1.54, 1.807) is 7.11 Å². The number of carboxylic acids is 1. The van der Waals surface area contributed by atoms with Crippen LogP contribution in [0, 0.1) is 0 Å². The van der Waals surface area contributed by atoms with Crippen LogP contribution in [0.25, 0.3) is 0 Å². The molecule has 21 heavy (non-hydrogen) atoms. The molecule has 0 aliphatic heterocycles. The second-order valence-electron chi connectivity index (χ2n) is 5.33. The SMILES string of the molecule is COc1ccccc1NC1(C(=O)O)Cc2ccccc2C1. The number of aliphatic carboxylic acids is 1. The molecule has 4 heteroatoms. The van der Waals surface area contributed by atoms with E-state index in [2.05, 4.69) is 5.32 Å². The quantitative estimate of drug-likeness (QED) is 0.906. The van der Waals surface area contributed by atoms with Gasteiger partial charge in [0.2, 0.25) is 0 Å². The number of carbonyl (C=O) groups is 1. The number of benzene rings is 2. The fraction of sp³-hybridized carbons (Fsp3) is 0.235. The predicted octanol–water partition coefficient (Wildman–Crippen LogP) is 2.73. The van der Waals surface area contributed by atoms with Crippen molar-refractivity contribution >= 4 is 11.7 Å². The van der Waals surface area contributed by atoms with E-state index in [1.165, 1.54) is 0 Å². The number of ether oxygens (including phenoxy) is 1. The maximum absolute atomic E-state index is 11.9. The normalized spacial score (nSPS) is 15.3. The van der Waals surface area contributed by atoms with Gasteiger partial charge >= 0.3 is 5.97 Å². The van der Waals surface area contributed by atoms with Crippen molar-refractivity contribution in [2.24, 2.45) is 0 Å². The van der Waals surface area contributed by atoms with Gasteiger partial charge in [0.15, 0.2) is 0 Å². The highest BCUT2D eigenvalue weighted by molar-refractivity contribution is 5.86. The summed E-state index contributed by atoms with van der Waals surface area (Å²) >= 11 is 0. The zero-order valence-corrected chi connectivity index (χ0v) is 11.8. The van der Waals surface area contributed by atoms with Crippen LogP contribution in [0.3, 0.4) is 0 Å². The minimum atomic E-state index is -1.02. The summed E-state index contributed by atoms with van der Waals surface area (Å²) in [7, 11) is 1.58. The lowest BCUT2D eigenvalue weighted by atomic mass is 9.95. The molecule has 2 aromatic carbocycles. The van der Waals surface area contributed by atoms with E-state index in [9.17, 15) is 9.90 Å². The molecule has 1 aliphatic rings. The molecule has 1 aliphatic carbocycles. The highest BCUT2D eigenvalue weighted by Crippen LogP contribution is 2.35. The molecule has 0 spiro atoms. The van der Waals surface area contributed by atoms with Crippen LogP contribution < -0.4 is 10.1 Å². The van der Waals surface area contributed by atoms with Crippen molar-refractivity contribution in [3.63, 3.8) is 0 Å². The number of para-hydroxylation sites is 2. The Kier molecular flexibility index (Phi) is 3.29. The molecule has 0 aromatic heterocycles. The fourth-order valence-corrected chi connectivity index (χ4v) is 2.91. The largest absolute Gasteiger partial charge is 0.495 e. The Morgan fingerprint density at radius 1 is 1.10 bits per heavy atom. The zero-order chi connectivity index (χ0) is 14.9. The van der Waals surface area contributed by atoms with Crippen molar-refractivity contribution in [2.75, 3.05) is 12.4 Å². The van der Waals surface area contributed by atoms with Gasteiger partial charge in [-0.2, -0.15) is 0 Å². The molecule has 3 rings (SSSR count). The van der Waals surface area contributed by atoms with Gasteiger partial charge in [0, 0.05) is 12.8 Å². The molecular formula is C17H17NO3. The Morgan fingerprint density at radius 2 is 1.67 bits per heavy atom. The van der Waals surface area contributed by atoms with Crippen LogP contribution in [-0.2, 0) is 17.6 Å². The van der Waals surface area contributed by atoms with Gasteiger partial charge in [0.25, 0.3) is 0 Å². The number of rotatable bonds is 4. The summed E-state index contributed by atoms with van der Waals surface area (Å²) in [5.74, 6) is -0.196. The molecule has 0 unspecified atom stereocenters. The fourth-order valence-electron chi connectivity index (χ4n) is 2.91. The van der Waals surface area contributed by atoms with Gasteiger partial charge in [0.05, 0.1) is 12.8 Å². The van der Waals surface area contributed by atoms with E-state index in [0.717, 1.165) is 11.1 Å². The average molecular weight is 283 g/mol. The van der Waals surface area contributed by atoms with Crippen molar-refractivity contribution in [3.05, 3.63) is 59.7 Å². The second-order valence-corrected chi connectivity index (χ2v) is 5.33. The molecule has 0 heterocycles. The molecule has 0 bridgehead atoms. The van der Waals surface area contributed by atoms with E-state index in [-0.39, 0.29) is 0 Å². The van der Waals surface area contributed by atoms with Crippen LogP contribution in [0.2, 0.25) is 0 Å². The van der Waals surface area contributed by atoms with Gasteiger partial charge in [-0.3, -0.25) is 0 Å². The summed E-state index contributed by atoms with van der Waals surface area (Å²) in [5, 5.41) is 13.0. The minimum absolute atomic E-state index is 0.469. The van der Waals surface area contributed by atoms with E-state index in [0.29, 0.717) is 24.3 Å². The third-order valence-corrected chi connectivity index (χ3v) is 3.99. The van der Waals surface area contributed by atoms with Gasteiger partial charge in [-0.15, -0.1) is 0 Å². The number of carboxylic acid groups (broad SMARTS) is 1. The number of methoxy groups -OCH3 is 1. The zero-order valence-electron chi connectivity index (χ0n) is 11.8. The molecule has 0 radical (unpaired) electrons. The number of hydrogen-bond donors (Lipinski definition) is 2. The van der Waals surface area contributed by atoms with Crippen LogP contribution in [0.15, 0.2) is 48.5 Å². The van der Waals surface area contributed by atoms with E-state index >= 15 is 0 Å². The highest BCUT2D eigenvalue weighted by Gasteiger charge is 2.44. The van der Waals surface area contributed by atoms with Gasteiger partial charge in [-0.05, 0) is 23.3 Å². The first kappa shape index (κ1) is 13.5. The average Bonchev–Trinajstić information content (AvgIpc) is 2.87. The van der Waals surface area contributed by atoms with Crippen LogP contribution in [0.1, 0.15) is 11.1 Å². The first-order chi connectivity index (χ1) is 10.1. The number of nitrogens with one attached hydrogen (secondary N) is 1. The summed E-state index contributed by atoms with van der Waals surface area (Å²) < 4.78 is 5.30. The molecule has 0 saturated heterocycles. The maximum Gasteiger partial charge on any atom is 0.330 e. The monoisotopic (exact) mass is 283 g/mol. The van der Waals surface area contributed by atoms with E-state index < -0.39 is 11.5 Å². The van der Waals surface area contributed by atoms with Crippen LogP contribution in [0.4, 0.5) is 5.69 Å². The molecule has 0 saturated carbocycles. The Bertz CT molecular complexity index is 656. The Hall–Kier alpha value is -2.49. The smallest absolute Gasteiger partial charge is 0.330 e. The summed E-state index contributed by atoms with van der Waals surface area (Å²) in [6, 6.07) is 15.3. The Balaban J connectivity index is 1.96. The summed E-state index contributed by atoms with van der Waals surface area (Å²) in [6.45, 7) is 0. The lowest BCUT2D eigenvalue weighted by Crippen LogP contribution is -2.47. The van der Waals surface area contributed by atoms with Crippen LogP contribution in [0.5, 0.6) is 5.75 Å². The van der Waals surface area contributed by atoms with E-state index in [4.69, 9.17) is 4.74 Å². The lowest BCUT2D eigenvalue weighted by molar-refractivity contribution is -0.142. The molecular weight excluding hydrogens is 266 g/mol. The Labute approximate surface area is 123 Å². The molecule has 0 atom stereocenters. The molecule has 2 aromatic rings. The molecule has 0 fully saturated rings. The topological polar surface area (TPSA) is 58.6 Å². The molecule has 0 amide bonds. The van der Waals surface area contributed by atoms with Gasteiger partial charge in [0.1, 0.15) is 11.3 Å². The predicted molar refractivity (Wildman–Crippen MR) is 80.8 cm³/mol. The first-order valence-corrected chi connectivity index (χ1v) is 6.86. The molecule has 108 valence electrons. The van der Waals surface area contributed by atoms with Crippen LogP contribution in [-0.4, -0.2) is 23.7 Å². The highest BCUT2D eigenvalue weighted by atomic mass is 16.5. The molecule has 2 N–H and O–H groups in total. The molecule has 4 nitrogen and oxygen atoms in total. The van der Waals surface area contributed by atoms with E-state index in [1.807, 2.05) is 48.5 Å². The van der Waals surface area contributed by atoms with Crippen LogP contribution >= 0.6 is 0 Å². The van der Waals surface area contributed by atoms with Crippen molar-refractivity contribution in [1.82, 2.24) is 0 Å². The summed E-state index contributed by atoms with van der Waals surface area (Å²) in [5.41, 5.74) is 1.86.